The quantitative estimate of drug-likeness (QED) is 0.356. The zero-order chi connectivity index (χ0) is 20.4. The van der Waals surface area contributed by atoms with Gasteiger partial charge < -0.3 is 0 Å². The van der Waals surface area contributed by atoms with E-state index in [0.29, 0.717) is 33.5 Å². The lowest BCUT2D eigenvalue weighted by Gasteiger charge is -2.09. The molecule has 0 aliphatic heterocycles. The van der Waals surface area contributed by atoms with Gasteiger partial charge in [0.2, 0.25) is 16.8 Å². The predicted octanol–water partition coefficient (Wildman–Crippen LogP) is 2.37. The van der Waals surface area contributed by atoms with Crippen molar-refractivity contribution in [2.45, 2.75) is 25.0 Å². The zero-order valence-corrected chi connectivity index (χ0v) is 17.2. The number of para-hydroxylation sites is 1. The van der Waals surface area contributed by atoms with Crippen LogP contribution in [0, 0.1) is 0 Å². The van der Waals surface area contributed by atoms with Crippen LogP contribution in [0.2, 0.25) is 0 Å². The fraction of sp³-hybridized carbons (Fsp3) is 0.222. The number of hydrogen-bond donors (Lipinski definition) is 1. The molecule has 9 nitrogen and oxygen atoms in total. The summed E-state index contributed by atoms with van der Waals surface area (Å²) in [6.07, 6.45) is 2.41. The van der Waals surface area contributed by atoms with Gasteiger partial charge in [0.1, 0.15) is 5.01 Å². The largest absolute Gasteiger partial charge is 0.300 e. The number of carbonyl (C=O) groups is 1. The number of allylic oxidation sites excluding steroid dienone is 1. The zero-order valence-electron chi connectivity index (χ0n) is 15.5. The Morgan fingerprint density at radius 1 is 1.28 bits per heavy atom. The van der Waals surface area contributed by atoms with Crippen molar-refractivity contribution >= 4 is 50.8 Å². The van der Waals surface area contributed by atoms with Crippen molar-refractivity contribution in [2.24, 2.45) is 0 Å². The normalized spacial score (nSPS) is 11.2. The Kier molecular flexibility index (Phi) is 5.41. The standard InChI is InChI=1S/C18H17N7O2S2/c1-3-9-24-15(27)11-7-5-6-8-12(11)25-17(24)22-23-18(25)28-10-13(26)19-16-21-20-14(4-2)29-16/h3,5-8H,1,4,9-10H2,2H3,(H,19,21,26). The molecule has 0 unspecified atom stereocenters. The van der Waals surface area contributed by atoms with Gasteiger partial charge in [-0.1, -0.05) is 48.2 Å². The summed E-state index contributed by atoms with van der Waals surface area (Å²) >= 11 is 2.59. The molecule has 1 N–H and O–H groups in total. The molecule has 0 aliphatic carbocycles. The minimum atomic E-state index is -0.214. The van der Waals surface area contributed by atoms with Crippen LogP contribution in [0.5, 0.6) is 0 Å². The molecular weight excluding hydrogens is 410 g/mol. The van der Waals surface area contributed by atoms with Gasteiger partial charge in [-0.2, -0.15) is 0 Å². The monoisotopic (exact) mass is 427 g/mol. The van der Waals surface area contributed by atoms with Crippen LogP contribution in [0.25, 0.3) is 16.7 Å². The molecule has 0 fully saturated rings. The van der Waals surface area contributed by atoms with Gasteiger partial charge in [0, 0.05) is 6.54 Å². The molecule has 0 spiro atoms. The molecule has 4 rings (SSSR count). The van der Waals surface area contributed by atoms with Crippen LogP contribution in [0.4, 0.5) is 5.13 Å². The van der Waals surface area contributed by atoms with Gasteiger partial charge in [0.05, 0.1) is 16.7 Å². The van der Waals surface area contributed by atoms with E-state index in [1.807, 2.05) is 25.1 Å². The van der Waals surface area contributed by atoms with Gasteiger partial charge in [-0.15, -0.1) is 27.0 Å². The van der Waals surface area contributed by atoms with Crippen molar-refractivity contribution < 1.29 is 4.79 Å². The Labute approximate surface area is 173 Å². The van der Waals surface area contributed by atoms with E-state index in [1.165, 1.54) is 27.7 Å². The van der Waals surface area contributed by atoms with Crippen LogP contribution in [0.15, 0.2) is 46.9 Å². The smallest absolute Gasteiger partial charge is 0.263 e. The molecule has 3 aromatic heterocycles. The number of nitrogens with one attached hydrogen (secondary N) is 1. The number of amides is 1. The highest BCUT2D eigenvalue weighted by Gasteiger charge is 2.17. The van der Waals surface area contributed by atoms with Gasteiger partial charge in [-0.25, -0.2) is 0 Å². The third kappa shape index (κ3) is 3.66. The summed E-state index contributed by atoms with van der Waals surface area (Å²) in [5, 5.41) is 21.5. The predicted molar refractivity (Wildman–Crippen MR) is 114 cm³/mol. The molecular formula is C18H17N7O2S2. The SMILES string of the molecule is C=CCn1c(=O)c2ccccc2n2c(SCC(=O)Nc3nnc(CC)s3)nnc12. The molecule has 0 atom stereocenters. The van der Waals surface area contributed by atoms with Crippen LogP contribution in [0.1, 0.15) is 11.9 Å². The van der Waals surface area contributed by atoms with E-state index < -0.39 is 0 Å². The molecule has 1 aromatic carbocycles. The third-order valence-electron chi connectivity index (χ3n) is 4.14. The number of aromatic nitrogens is 6. The van der Waals surface area contributed by atoms with E-state index in [2.05, 4.69) is 32.3 Å². The highest BCUT2D eigenvalue weighted by atomic mass is 32.2. The van der Waals surface area contributed by atoms with E-state index in [9.17, 15) is 9.59 Å². The van der Waals surface area contributed by atoms with Gasteiger partial charge >= 0.3 is 0 Å². The lowest BCUT2D eigenvalue weighted by molar-refractivity contribution is -0.113. The fourth-order valence-electron chi connectivity index (χ4n) is 2.85. The van der Waals surface area contributed by atoms with Gasteiger partial charge in [0.25, 0.3) is 5.56 Å². The maximum Gasteiger partial charge on any atom is 0.263 e. The van der Waals surface area contributed by atoms with Crippen LogP contribution in [-0.4, -0.2) is 41.0 Å². The molecule has 3 heterocycles. The van der Waals surface area contributed by atoms with E-state index in [1.54, 1.807) is 16.5 Å². The topological polar surface area (TPSA) is 107 Å². The molecule has 0 saturated carbocycles. The number of anilines is 1. The summed E-state index contributed by atoms with van der Waals surface area (Å²) in [6.45, 7) is 6.01. The molecule has 4 aromatic rings. The maximum atomic E-state index is 12.8. The van der Waals surface area contributed by atoms with Crippen molar-refractivity contribution in [2.75, 3.05) is 11.1 Å². The molecule has 0 aliphatic rings. The number of benzene rings is 1. The van der Waals surface area contributed by atoms with Crippen LogP contribution in [-0.2, 0) is 17.8 Å². The van der Waals surface area contributed by atoms with Crippen LogP contribution < -0.4 is 10.9 Å². The Balaban J connectivity index is 1.65. The number of aryl methyl sites for hydroxylation is 1. The first-order valence-corrected chi connectivity index (χ1v) is 10.6. The Bertz CT molecular complexity index is 1270. The second kappa shape index (κ2) is 8.13. The Morgan fingerprint density at radius 3 is 2.86 bits per heavy atom. The average molecular weight is 428 g/mol. The summed E-state index contributed by atoms with van der Waals surface area (Å²) in [6, 6.07) is 7.26. The highest BCUT2D eigenvalue weighted by molar-refractivity contribution is 7.99. The third-order valence-corrected chi connectivity index (χ3v) is 6.05. The van der Waals surface area contributed by atoms with Gasteiger partial charge in [0.15, 0.2) is 5.16 Å². The summed E-state index contributed by atoms with van der Waals surface area (Å²) in [7, 11) is 0. The molecule has 11 heteroatoms. The second-order valence-electron chi connectivity index (χ2n) is 6.03. The van der Waals surface area contributed by atoms with Gasteiger partial charge in [-0.05, 0) is 18.6 Å². The van der Waals surface area contributed by atoms with E-state index in [4.69, 9.17) is 0 Å². The highest BCUT2D eigenvalue weighted by Crippen LogP contribution is 2.22. The molecule has 0 saturated heterocycles. The molecule has 1 amide bonds. The summed E-state index contributed by atoms with van der Waals surface area (Å²) in [5.74, 6) is 0.319. The molecule has 148 valence electrons. The minimum Gasteiger partial charge on any atom is -0.300 e. The Morgan fingerprint density at radius 2 is 2.10 bits per heavy atom. The van der Waals surface area contributed by atoms with E-state index in [0.717, 1.165) is 11.4 Å². The average Bonchev–Trinajstić information content (AvgIpc) is 3.36. The summed E-state index contributed by atoms with van der Waals surface area (Å²) < 4.78 is 3.30. The number of thioether (sulfide) groups is 1. The van der Waals surface area contributed by atoms with E-state index in [-0.39, 0.29) is 17.2 Å². The fourth-order valence-corrected chi connectivity index (χ4v) is 4.29. The lowest BCUT2D eigenvalue weighted by Crippen LogP contribution is -2.22. The summed E-state index contributed by atoms with van der Waals surface area (Å²) in [5.41, 5.74) is 0.537. The van der Waals surface area contributed by atoms with Crippen LogP contribution in [0.3, 0.4) is 0 Å². The molecule has 0 bridgehead atoms. The minimum absolute atomic E-state index is 0.122. The second-order valence-corrected chi connectivity index (χ2v) is 8.04. The lowest BCUT2D eigenvalue weighted by atomic mass is 10.2. The number of hydrogen-bond acceptors (Lipinski definition) is 8. The van der Waals surface area contributed by atoms with Gasteiger partial charge in [-0.3, -0.25) is 23.9 Å². The number of rotatable bonds is 7. The number of carbonyl (C=O) groups excluding carboxylic acids is 1. The Hall–Kier alpha value is -3.05. The van der Waals surface area contributed by atoms with Crippen molar-refractivity contribution in [3.63, 3.8) is 0 Å². The first kappa shape index (κ1) is 19.3. The summed E-state index contributed by atoms with van der Waals surface area (Å²) in [4.78, 5) is 25.1. The molecule has 29 heavy (non-hydrogen) atoms. The van der Waals surface area contributed by atoms with Crippen molar-refractivity contribution in [3.05, 3.63) is 52.3 Å². The van der Waals surface area contributed by atoms with E-state index >= 15 is 0 Å². The van der Waals surface area contributed by atoms with Crippen LogP contribution >= 0.6 is 23.1 Å². The number of fused-ring (bicyclic) bond motifs is 3. The first-order valence-electron chi connectivity index (χ1n) is 8.85. The van der Waals surface area contributed by atoms with Crippen molar-refractivity contribution in [1.82, 2.24) is 29.4 Å². The number of nitrogens with zero attached hydrogens (tertiary/aromatic N) is 6. The van der Waals surface area contributed by atoms with Crippen molar-refractivity contribution in [1.29, 1.82) is 0 Å². The molecule has 0 radical (unpaired) electrons. The van der Waals surface area contributed by atoms with Crippen molar-refractivity contribution in [3.8, 4) is 0 Å². The maximum absolute atomic E-state index is 12.8. The first-order chi connectivity index (χ1) is 14.1.